The van der Waals surface area contributed by atoms with E-state index < -0.39 is 0 Å². The maximum atomic E-state index is 13.0. The van der Waals surface area contributed by atoms with Crippen molar-refractivity contribution in [3.63, 3.8) is 0 Å². The molecular weight excluding hydrogens is 304 g/mol. The van der Waals surface area contributed by atoms with Gasteiger partial charge in [0.15, 0.2) is 0 Å². The summed E-state index contributed by atoms with van der Waals surface area (Å²) in [4.78, 5) is 17.6. The van der Waals surface area contributed by atoms with Crippen molar-refractivity contribution in [3.05, 3.63) is 29.8 Å². The molecule has 2 saturated heterocycles. The monoisotopic (exact) mass is 332 g/mol. The van der Waals surface area contributed by atoms with E-state index in [1.165, 1.54) is 12.8 Å². The highest BCUT2D eigenvalue weighted by Crippen LogP contribution is 2.39. The van der Waals surface area contributed by atoms with Crippen LogP contribution in [0.15, 0.2) is 24.3 Å². The fourth-order valence-corrected chi connectivity index (χ4v) is 3.98. The van der Waals surface area contributed by atoms with Gasteiger partial charge in [0.1, 0.15) is 5.75 Å². The predicted molar refractivity (Wildman–Crippen MR) is 93.5 cm³/mol. The molecule has 1 aromatic carbocycles. The molecule has 0 radical (unpaired) electrons. The van der Waals surface area contributed by atoms with Crippen molar-refractivity contribution in [2.45, 2.75) is 31.7 Å². The van der Waals surface area contributed by atoms with Gasteiger partial charge < -0.3 is 14.4 Å². The van der Waals surface area contributed by atoms with Crippen molar-refractivity contribution in [1.29, 1.82) is 0 Å². The summed E-state index contributed by atoms with van der Waals surface area (Å²) in [5, 5.41) is 0. The lowest BCUT2D eigenvalue weighted by Gasteiger charge is -2.57. The quantitative estimate of drug-likeness (QED) is 0.802. The number of carbonyl (C=O) groups excluding carboxylic acids is 1. The molecule has 5 heteroatoms. The molecule has 2 aliphatic heterocycles. The number of nitrogens with zero attached hydrogens (tertiary/aromatic N) is 2. The first kappa shape index (κ1) is 17.2. The molecule has 1 spiro atoms. The van der Waals surface area contributed by atoms with Crippen LogP contribution in [0, 0.1) is 0 Å². The van der Waals surface area contributed by atoms with Gasteiger partial charge in [-0.3, -0.25) is 9.69 Å². The maximum Gasteiger partial charge on any atom is 0.257 e. The first-order chi connectivity index (χ1) is 11.7. The van der Waals surface area contributed by atoms with Crippen LogP contribution in [0.5, 0.6) is 5.75 Å². The maximum absolute atomic E-state index is 13.0. The van der Waals surface area contributed by atoms with Gasteiger partial charge in [-0.2, -0.15) is 0 Å². The molecule has 2 heterocycles. The number of amides is 1. The van der Waals surface area contributed by atoms with Crippen LogP contribution in [-0.4, -0.2) is 67.7 Å². The first-order valence-electron chi connectivity index (χ1n) is 8.95. The van der Waals surface area contributed by atoms with Gasteiger partial charge in [-0.15, -0.1) is 0 Å². The van der Waals surface area contributed by atoms with Crippen molar-refractivity contribution in [3.8, 4) is 5.75 Å². The lowest BCUT2D eigenvalue weighted by molar-refractivity contribution is -0.0679. The van der Waals surface area contributed by atoms with Crippen molar-refractivity contribution < 1.29 is 14.3 Å². The minimum Gasteiger partial charge on any atom is -0.493 e. The second kappa shape index (κ2) is 7.53. The Morgan fingerprint density at radius 3 is 2.79 bits per heavy atom. The Morgan fingerprint density at radius 1 is 1.25 bits per heavy atom. The number of hydrogen-bond acceptors (Lipinski definition) is 4. The normalized spacial score (nSPS) is 24.0. The lowest BCUT2D eigenvalue weighted by atomic mass is 9.77. The molecular formula is C19H28N2O3. The molecule has 0 aromatic heterocycles. The van der Waals surface area contributed by atoms with Gasteiger partial charge in [-0.1, -0.05) is 12.1 Å². The molecule has 5 nitrogen and oxygen atoms in total. The third-order valence-corrected chi connectivity index (χ3v) is 5.34. The summed E-state index contributed by atoms with van der Waals surface area (Å²) in [5.74, 6) is 0.784. The number of carbonyl (C=O) groups is 1. The second-order valence-electron chi connectivity index (χ2n) is 6.71. The van der Waals surface area contributed by atoms with Gasteiger partial charge in [0, 0.05) is 38.8 Å². The molecule has 0 unspecified atom stereocenters. The van der Waals surface area contributed by atoms with Crippen molar-refractivity contribution in [2.24, 2.45) is 0 Å². The molecule has 0 N–H and O–H groups in total. The Kier molecular flexibility index (Phi) is 5.41. The zero-order valence-electron chi connectivity index (χ0n) is 14.8. The number of hydrogen-bond donors (Lipinski definition) is 0. The highest BCUT2D eigenvalue weighted by molar-refractivity contribution is 5.97. The molecule has 0 aliphatic carbocycles. The molecule has 1 aromatic rings. The van der Waals surface area contributed by atoms with Crippen LogP contribution in [-0.2, 0) is 4.74 Å². The van der Waals surface area contributed by atoms with Crippen LogP contribution in [0.25, 0.3) is 0 Å². The average molecular weight is 332 g/mol. The van der Waals surface area contributed by atoms with Crippen LogP contribution in [0.2, 0.25) is 0 Å². The Balaban J connectivity index is 1.72. The highest BCUT2D eigenvalue weighted by atomic mass is 16.5. The van der Waals surface area contributed by atoms with Gasteiger partial charge >= 0.3 is 0 Å². The van der Waals surface area contributed by atoms with Crippen LogP contribution in [0.1, 0.15) is 36.5 Å². The third kappa shape index (κ3) is 3.28. The summed E-state index contributed by atoms with van der Waals surface area (Å²) in [6, 6.07) is 7.57. The number of ether oxygens (including phenoxy) is 2. The summed E-state index contributed by atoms with van der Waals surface area (Å²) in [6.45, 7) is 6.98. The smallest absolute Gasteiger partial charge is 0.257 e. The summed E-state index contributed by atoms with van der Waals surface area (Å²) in [7, 11) is 1.74. The van der Waals surface area contributed by atoms with Crippen LogP contribution >= 0.6 is 0 Å². The minimum absolute atomic E-state index is 0.0942. The van der Waals surface area contributed by atoms with E-state index in [0.29, 0.717) is 17.9 Å². The van der Waals surface area contributed by atoms with E-state index >= 15 is 0 Å². The van der Waals surface area contributed by atoms with Gasteiger partial charge in [0.2, 0.25) is 0 Å². The summed E-state index contributed by atoms with van der Waals surface area (Å²) in [6.07, 6.45) is 3.41. The minimum atomic E-state index is 0.0942. The van der Waals surface area contributed by atoms with Crippen LogP contribution < -0.4 is 4.74 Å². The SMILES string of the molecule is CCOc1ccccc1C(=O)N1CCC[C@]2(CCN2CCOC)C1. The Hall–Kier alpha value is -1.59. The summed E-state index contributed by atoms with van der Waals surface area (Å²) < 4.78 is 10.9. The molecule has 132 valence electrons. The van der Waals surface area contributed by atoms with Crippen molar-refractivity contribution in [1.82, 2.24) is 9.80 Å². The van der Waals surface area contributed by atoms with Gasteiger partial charge in [0.25, 0.3) is 5.91 Å². The molecule has 2 fully saturated rings. The molecule has 0 bridgehead atoms. The van der Waals surface area contributed by atoms with Crippen molar-refractivity contribution >= 4 is 5.91 Å². The Bertz CT molecular complexity index is 577. The average Bonchev–Trinajstić information content (AvgIpc) is 2.61. The number of rotatable bonds is 6. The molecule has 24 heavy (non-hydrogen) atoms. The van der Waals surface area contributed by atoms with E-state index in [0.717, 1.165) is 39.2 Å². The number of benzene rings is 1. The van der Waals surface area contributed by atoms with Crippen LogP contribution in [0.3, 0.4) is 0 Å². The zero-order chi connectivity index (χ0) is 17.0. The highest BCUT2D eigenvalue weighted by Gasteiger charge is 2.47. The molecule has 1 amide bonds. The number of likely N-dealkylation sites (tertiary alicyclic amines) is 2. The van der Waals surface area contributed by atoms with E-state index in [1.54, 1.807) is 7.11 Å². The van der Waals surface area contributed by atoms with Gasteiger partial charge in [-0.05, 0) is 38.3 Å². The molecule has 3 rings (SSSR count). The topological polar surface area (TPSA) is 42.0 Å². The van der Waals surface area contributed by atoms with E-state index in [4.69, 9.17) is 9.47 Å². The standard InChI is InChI=1S/C19H28N2O3/c1-3-24-17-8-5-4-7-16(17)18(22)20-11-6-9-19(15-20)10-12-21(19)13-14-23-2/h4-5,7-8H,3,6,9-15H2,1-2H3/t19-/m0/s1. The molecule has 1 atom stereocenters. The summed E-state index contributed by atoms with van der Waals surface area (Å²) >= 11 is 0. The first-order valence-corrected chi connectivity index (χ1v) is 8.95. The number of para-hydroxylation sites is 1. The fraction of sp³-hybridized carbons (Fsp3) is 0.632. The van der Waals surface area contributed by atoms with E-state index in [1.807, 2.05) is 36.1 Å². The van der Waals surface area contributed by atoms with E-state index in [-0.39, 0.29) is 11.4 Å². The second-order valence-corrected chi connectivity index (χ2v) is 6.71. The number of methoxy groups -OCH3 is 1. The third-order valence-electron chi connectivity index (χ3n) is 5.34. The van der Waals surface area contributed by atoms with Gasteiger partial charge in [0.05, 0.1) is 18.8 Å². The predicted octanol–water partition coefficient (Wildman–Crippen LogP) is 2.41. The van der Waals surface area contributed by atoms with Crippen LogP contribution in [0.4, 0.5) is 0 Å². The fourth-order valence-electron chi connectivity index (χ4n) is 3.98. The lowest BCUT2D eigenvalue weighted by Crippen LogP contribution is -2.67. The van der Waals surface area contributed by atoms with E-state index in [9.17, 15) is 4.79 Å². The zero-order valence-corrected chi connectivity index (χ0v) is 14.8. The van der Waals surface area contributed by atoms with Crippen molar-refractivity contribution in [2.75, 3.05) is 46.5 Å². The summed E-state index contributed by atoms with van der Waals surface area (Å²) in [5.41, 5.74) is 0.840. The molecule has 0 saturated carbocycles. The largest absolute Gasteiger partial charge is 0.493 e. The van der Waals surface area contributed by atoms with E-state index in [2.05, 4.69) is 4.90 Å². The Morgan fingerprint density at radius 2 is 2.08 bits per heavy atom. The number of piperidine rings is 1. The molecule has 2 aliphatic rings. The van der Waals surface area contributed by atoms with Gasteiger partial charge in [-0.25, -0.2) is 0 Å². The Labute approximate surface area is 144 Å².